The Labute approximate surface area is 165 Å². The van der Waals surface area contributed by atoms with Gasteiger partial charge in [-0.1, -0.05) is 97.1 Å². The molecule has 0 bridgehead atoms. The summed E-state index contributed by atoms with van der Waals surface area (Å²) in [7, 11) is 0. The zero-order chi connectivity index (χ0) is 19.2. The van der Waals surface area contributed by atoms with Gasteiger partial charge in [0.2, 0.25) is 0 Å². The van der Waals surface area contributed by atoms with E-state index in [-0.39, 0.29) is 5.91 Å². The molecule has 1 heterocycles. The van der Waals surface area contributed by atoms with Crippen LogP contribution in [0.15, 0.2) is 108 Å². The molecule has 0 radical (unpaired) electrons. The maximum atomic E-state index is 13.0. The quantitative estimate of drug-likeness (QED) is 0.574. The van der Waals surface area contributed by atoms with Crippen molar-refractivity contribution in [1.82, 2.24) is 4.90 Å². The summed E-state index contributed by atoms with van der Waals surface area (Å²) in [6, 6.07) is 29.8. The lowest BCUT2D eigenvalue weighted by atomic mass is 10.2. The monoisotopic (exact) mass is 364 g/mol. The van der Waals surface area contributed by atoms with Crippen LogP contribution in [-0.2, 0) is 11.3 Å². The minimum absolute atomic E-state index is 0.0829. The number of carbonyl (C=O) groups excluding carboxylic acids is 1. The van der Waals surface area contributed by atoms with Gasteiger partial charge < -0.3 is 0 Å². The molecule has 1 aliphatic heterocycles. The molecule has 0 saturated carbocycles. The molecule has 0 aliphatic carbocycles. The lowest BCUT2D eigenvalue weighted by molar-refractivity contribution is -0.123. The Morgan fingerprint density at radius 1 is 0.714 bits per heavy atom. The van der Waals surface area contributed by atoms with E-state index in [1.165, 1.54) is 0 Å². The second-order valence-electron chi connectivity index (χ2n) is 6.53. The van der Waals surface area contributed by atoms with Crippen molar-refractivity contribution in [1.29, 1.82) is 0 Å². The lowest BCUT2D eigenvalue weighted by Crippen LogP contribution is -2.30. The van der Waals surface area contributed by atoms with Gasteiger partial charge in [0.1, 0.15) is 11.5 Å². The molecule has 1 amide bonds. The fourth-order valence-electron chi connectivity index (χ4n) is 3.06. The summed E-state index contributed by atoms with van der Waals surface area (Å²) in [5.41, 5.74) is 3.55. The fraction of sp³-hybridized carbons (Fsp3) is 0.0400. The number of benzene rings is 3. The van der Waals surface area contributed by atoms with Crippen molar-refractivity contribution in [3.8, 4) is 0 Å². The topological polar surface area (TPSA) is 32.7 Å². The molecule has 3 aromatic carbocycles. The summed E-state index contributed by atoms with van der Waals surface area (Å²) in [6.45, 7) is 0.490. The number of rotatable bonds is 5. The van der Waals surface area contributed by atoms with Crippen LogP contribution in [0.25, 0.3) is 12.2 Å². The molecule has 0 spiro atoms. The van der Waals surface area contributed by atoms with Crippen molar-refractivity contribution in [2.24, 2.45) is 4.99 Å². The highest BCUT2D eigenvalue weighted by Crippen LogP contribution is 2.21. The van der Waals surface area contributed by atoms with Crippen molar-refractivity contribution in [2.75, 3.05) is 0 Å². The van der Waals surface area contributed by atoms with Gasteiger partial charge in [0.15, 0.2) is 0 Å². The van der Waals surface area contributed by atoms with Crippen LogP contribution in [0.4, 0.5) is 0 Å². The number of hydrogen-bond acceptors (Lipinski definition) is 2. The van der Waals surface area contributed by atoms with Crippen molar-refractivity contribution >= 4 is 23.9 Å². The van der Waals surface area contributed by atoms with Crippen LogP contribution in [0.2, 0.25) is 0 Å². The molecule has 3 aromatic rings. The van der Waals surface area contributed by atoms with Crippen LogP contribution in [0.5, 0.6) is 0 Å². The van der Waals surface area contributed by atoms with Gasteiger partial charge in [-0.2, -0.15) is 0 Å². The second-order valence-corrected chi connectivity index (χ2v) is 6.53. The van der Waals surface area contributed by atoms with Crippen LogP contribution in [0.1, 0.15) is 16.7 Å². The molecule has 0 saturated heterocycles. The summed E-state index contributed by atoms with van der Waals surface area (Å²) >= 11 is 0. The average Bonchev–Trinajstić information content (AvgIpc) is 3.03. The standard InChI is InChI=1S/C25H20N2O/c28-25-23(18-21-12-6-2-7-13-21)26-24(17-16-20-10-4-1-5-11-20)27(25)19-22-14-8-3-9-15-22/h1-18H,19H2/b17-16+,23-18-. The van der Waals surface area contributed by atoms with Crippen LogP contribution in [-0.4, -0.2) is 16.6 Å². The molecule has 136 valence electrons. The summed E-state index contributed by atoms with van der Waals surface area (Å²) in [5.74, 6) is 0.570. The average molecular weight is 364 g/mol. The van der Waals surface area contributed by atoms with E-state index in [9.17, 15) is 4.79 Å². The predicted molar refractivity (Wildman–Crippen MR) is 114 cm³/mol. The van der Waals surface area contributed by atoms with E-state index in [1.54, 1.807) is 4.90 Å². The van der Waals surface area contributed by atoms with Gasteiger partial charge in [-0.05, 0) is 28.8 Å². The zero-order valence-corrected chi connectivity index (χ0v) is 15.4. The Morgan fingerprint density at radius 2 is 1.29 bits per heavy atom. The Morgan fingerprint density at radius 3 is 1.93 bits per heavy atom. The second kappa shape index (κ2) is 8.31. The lowest BCUT2D eigenvalue weighted by Gasteiger charge is -2.16. The van der Waals surface area contributed by atoms with Gasteiger partial charge in [0.05, 0.1) is 6.54 Å². The first-order chi connectivity index (χ1) is 13.8. The Balaban J connectivity index is 1.66. The molecular formula is C25H20N2O. The first-order valence-corrected chi connectivity index (χ1v) is 9.24. The first-order valence-electron chi connectivity index (χ1n) is 9.24. The largest absolute Gasteiger partial charge is 0.287 e. The number of amidine groups is 1. The van der Waals surface area contributed by atoms with Gasteiger partial charge in [0, 0.05) is 0 Å². The Bertz CT molecular complexity index is 1040. The molecule has 4 rings (SSSR count). The number of amides is 1. The van der Waals surface area contributed by atoms with Gasteiger partial charge in [-0.3, -0.25) is 9.69 Å². The summed E-state index contributed by atoms with van der Waals surface area (Å²) in [5, 5.41) is 0. The van der Waals surface area contributed by atoms with Crippen molar-refractivity contribution in [3.63, 3.8) is 0 Å². The third kappa shape index (κ3) is 4.15. The van der Waals surface area contributed by atoms with E-state index in [2.05, 4.69) is 4.99 Å². The normalized spacial score (nSPS) is 15.4. The number of carbonyl (C=O) groups is 1. The third-order valence-corrected chi connectivity index (χ3v) is 4.49. The maximum Gasteiger partial charge on any atom is 0.278 e. The van der Waals surface area contributed by atoms with E-state index < -0.39 is 0 Å². The van der Waals surface area contributed by atoms with Gasteiger partial charge in [-0.25, -0.2) is 4.99 Å². The molecule has 3 heteroatoms. The molecule has 0 aromatic heterocycles. The number of aliphatic imine (C=N–C) groups is 1. The molecule has 0 fully saturated rings. The first kappa shape index (κ1) is 17.7. The molecule has 0 unspecified atom stereocenters. The van der Waals surface area contributed by atoms with Crippen molar-refractivity contribution in [2.45, 2.75) is 6.54 Å². The minimum Gasteiger partial charge on any atom is -0.287 e. The highest BCUT2D eigenvalue weighted by molar-refractivity contribution is 6.18. The maximum absolute atomic E-state index is 13.0. The number of nitrogens with zero attached hydrogens (tertiary/aromatic N) is 2. The van der Waals surface area contributed by atoms with Crippen LogP contribution < -0.4 is 0 Å². The summed E-state index contributed by atoms with van der Waals surface area (Å²) in [4.78, 5) is 19.4. The van der Waals surface area contributed by atoms with E-state index in [0.29, 0.717) is 18.1 Å². The van der Waals surface area contributed by atoms with E-state index >= 15 is 0 Å². The van der Waals surface area contributed by atoms with Crippen LogP contribution >= 0.6 is 0 Å². The molecule has 0 atom stereocenters. The van der Waals surface area contributed by atoms with Crippen molar-refractivity contribution in [3.05, 3.63) is 119 Å². The smallest absolute Gasteiger partial charge is 0.278 e. The summed E-state index contributed by atoms with van der Waals surface area (Å²) in [6.07, 6.45) is 5.72. The third-order valence-electron chi connectivity index (χ3n) is 4.49. The van der Waals surface area contributed by atoms with Crippen LogP contribution in [0, 0.1) is 0 Å². The minimum atomic E-state index is -0.0829. The van der Waals surface area contributed by atoms with Gasteiger partial charge in [-0.15, -0.1) is 0 Å². The molecular weight excluding hydrogens is 344 g/mol. The Hall–Kier alpha value is -3.72. The van der Waals surface area contributed by atoms with E-state index in [0.717, 1.165) is 16.7 Å². The fourth-order valence-corrected chi connectivity index (χ4v) is 3.06. The predicted octanol–water partition coefficient (Wildman–Crippen LogP) is 5.18. The highest BCUT2D eigenvalue weighted by atomic mass is 16.2. The summed E-state index contributed by atoms with van der Waals surface area (Å²) < 4.78 is 0. The van der Waals surface area contributed by atoms with Gasteiger partial charge in [0.25, 0.3) is 5.91 Å². The molecule has 3 nitrogen and oxygen atoms in total. The molecule has 0 N–H and O–H groups in total. The molecule has 1 aliphatic rings. The highest BCUT2D eigenvalue weighted by Gasteiger charge is 2.28. The van der Waals surface area contributed by atoms with Crippen molar-refractivity contribution < 1.29 is 4.79 Å². The Kier molecular flexibility index (Phi) is 5.25. The van der Waals surface area contributed by atoms with Crippen LogP contribution in [0.3, 0.4) is 0 Å². The SMILES string of the molecule is O=C1/C(=C/c2ccccc2)N=C(/C=C/c2ccccc2)N1Cc1ccccc1. The van der Waals surface area contributed by atoms with E-state index in [4.69, 9.17) is 0 Å². The van der Waals surface area contributed by atoms with E-state index in [1.807, 2.05) is 109 Å². The zero-order valence-electron chi connectivity index (χ0n) is 15.4. The number of hydrogen-bond donors (Lipinski definition) is 0. The molecule has 28 heavy (non-hydrogen) atoms. The van der Waals surface area contributed by atoms with Gasteiger partial charge >= 0.3 is 0 Å².